The Bertz CT molecular complexity index is 837. The molecule has 1 aromatic carbocycles. The standard InChI is InChI=1S/C16H11BrClN3OS2/c17-11-3-6-14(19-7-11)21-15(22)9-24-16-20-13(8-23-16)10-1-4-12(18)5-2-10/h1-8H,9H2,(H,19,21,22). The summed E-state index contributed by atoms with van der Waals surface area (Å²) in [5.41, 5.74) is 1.89. The average molecular weight is 441 g/mol. The number of rotatable bonds is 5. The number of aromatic nitrogens is 2. The van der Waals surface area contributed by atoms with E-state index in [1.807, 2.05) is 35.7 Å². The van der Waals surface area contributed by atoms with Crippen LogP contribution in [0, 0.1) is 0 Å². The quantitative estimate of drug-likeness (QED) is 0.543. The van der Waals surface area contributed by atoms with Gasteiger partial charge in [-0.3, -0.25) is 4.79 Å². The highest BCUT2D eigenvalue weighted by Crippen LogP contribution is 2.29. The number of anilines is 1. The zero-order chi connectivity index (χ0) is 16.9. The van der Waals surface area contributed by atoms with Crippen LogP contribution in [0.5, 0.6) is 0 Å². The third-order valence-electron chi connectivity index (χ3n) is 2.94. The van der Waals surface area contributed by atoms with Gasteiger partial charge in [0.25, 0.3) is 0 Å². The van der Waals surface area contributed by atoms with Gasteiger partial charge >= 0.3 is 0 Å². The molecule has 2 heterocycles. The van der Waals surface area contributed by atoms with Gasteiger partial charge in [0, 0.05) is 26.6 Å². The lowest BCUT2D eigenvalue weighted by atomic mass is 10.2. The highest BCUT2D eigenvalue weighted by molar-refractivity contribution is 9.10. The van der Waals surface area contributed by atoms with Crippen molar-refractivity contribution >= 4 is 62.4 Å². The van der Waals surface area contributed by atoms with Gasteiger partial charge in [0.05, 0.1) is 11.4 Å². The molecule has 3 rings (SSSR count). The number of hydrogen-bond acceptors (Lipinski definition) is 5. The molecule has 0 saturated carbocycles. The van der Waals surface area contributed by atoms with Gasteiger partial charge in [0.2, 0.25) is 5.91 Å². The maximum atomic E-state index is 12.0. The van der Waals surface area contributed by atoms with E-state index >= 15 is 0 Å². The minimum Gasteiger partial charge on any atom is -0.310 e. The molecule has 0 unspecified atom stereocenters. The monoisotopic (exact) mass is 439 g/mol. The van der Waals surface area contributed by atoms with Crippen LogP contribution in [0.1, 0.15) is 0 Å². The minimum absolute atomic E-state index is 0.113. The average Bonchev–Trinajstić information content (AvgIpc) is 3.05. The van der Waals surface area contributed by atoms with Crippen molar-refractivity contribution in [2.45, 2.75) is 4.34 Å². The first-order chi connectivity index (χ1) is 11.6. The second kappa shape index (κ2) is 8.11. The van der Waals surface area contributed by atoms with E-state index in [0.717, 1.165) is 20.1 Å². The number of pyridine rings is 1. The van der Waals surface area contributed by atoms with Crippen molar-refractivity contribution in [2.24, 2.45) is 0 Å². The third kappa shape index (κ3) is 4.80. The molecule has 0 aliphatic rings. The van der Waals surface area contributed by atoms with Crippen molar-refractivity contribution in [3.8, 4) is 11.3 Å². The summed E-state index contributed by atoms with van der Waals surface area (Å²) in [5.74, 6) is 0.702. The van der Waals surface area contributed by atoms with E-state index < -0.39 is 0 Å². The largest absolute Gasteiger partial charge is 0.310 e. The van der Waals surface area contributed by atoms with Gasteiger partial charge in [0.1, 0.15) is 5.82 Å². The molecule has 1 N–H and O–H groups in total. The maximum Gasteiger partial charge on any atom is 0.235 e. The number of nitrogens with zero attached hydrogens (tertiary/aromatic N) is 2. The van der Waals surface area contributed by atoms with Crippen LogP contribution in [0.25, 0.3) is 11.3 Å². The maximum absolute atomic E-state index is 12.0. The van der Waals surface area contributed by atoms with E-state index in [0.29, 0.717) is 10.8 Å². The van der Waals surface area contributed by atoms with Gasteiger partial charge in [-0.25, -0.2) is 9.97 Å². The molecule has 24 heavy (non-hydrogen) atoms. The van der Waals surface area contributed by atoms with Crippen LogP contribution < -0.4 is 5.32 Å². The van der Waals surface area contributed by atoms with E-state index in [9.17, 15) is 4.79 Å². The summed E-state index contributed by atoms with van der Waals surface area (Å²) in [4.78, 5) is 20.6. The Morgan fingerprint density at radius 2 is 2.04 bits per heavy atom. The van der Waals surface area contributed by atoms with Crippen LogP contribution in [0.15, 0.2) is 56.8 Å². The lowest BCUT2D eigenvalue weighted by Gasteiger charge is -2.03. The summed E-state index contributed by atoms with van der Waals surface area (Å²) in [6.07, 6.45) is 1.64. The molecular weight excluding hydrogens is 430 g/mol. The Morgan fingerprint density at radius 1 is 1.25 bits per heavy atom. The highest BCUT2D eigenvalue weighted by atomic mass is 79.9. The van der Waals surface area contributed by atoms with E-state index in [-0.39, 0.29) is 11.7 Å². The lowest BCUT2D eigenvalue weighted by Crippen LogP contribution is -2.14. The smallest absolute Gasteiger partial charge is 0.235 e. The first-order valence-electron chi connectivity index (χ1n) is 6.86. The number of halogens is 2. The summed E-state index contributed by atoms with van der Waals surface area (Å²) in [6, 6.07) is 11.1. The van der Waals surface area contributed by atoms with Crippen LogP contribution in [-0.2, 0) is 4.79 Å². The van der Waals surface area contributed by atoms with E-state index in [4.69, 9.17) is 11.6 Å². The van der Waals surface area contributed by atoms with Crippen LogP contribution >= 0.6 is 50.6 Å². The fourth-order valence-electron chi connectivity index (χ4n) is 1.83. The molecular formula is C16H11BrClN3OS2. The number of carbonyl (C=O) groups is 1. The number of amides is 1. The summed E-state index contributed by atoms with van der Waals surface area (Å²) >= 11 is 12.1. The fourth-order valence-corrected chi connectivity index (χ4v) is 3.83. The summed E-state index contributed by atoms with van der Waals surface area (Å²) in [6.45, 7) is 0. The molecule has 122 valence electrons. The molecule has 3 aromatic rings. The Balaban J connectivity index is 1.56. The molecule has 0 spiro atoms. The molecule has 0 saturated heterocycles. The fraction of sp³-hybridized carbons (Fsp3) is 0.0625. The molecule has 0 bridgehead atoms. The molecule has 2 aromatic heterocycles. The second-order valence-corrected chi connectivity index (χ2v) is 8.14. The summed E-state index contributed by atoms with van der Waals surface area (Å²) in [7, 11) is 0. The highest BCUT2D eigenvalue weighted by Gasteiger charge is 2.09. The molecule has 0 radical (unpaired) electrons. The van der Waals surface area contributed by atoms with Gasteiger partial charge in [-0.05, 0) is 40.2 Å². The number of thiazole rings is 1. The van der Waals surface area contributed by atoms with Crippen LogP contribution in [0.3, 0.4) is 0 Å². The zero-order valence-corrected chi connectivity index (χ0v) is 16.2. The number of hydrogen-bond donors (Lipinski definition) is 1. The van der Waals surface area contributed by atoms with Crippen molar-refractivity contribution in [2.75, 3.05) is 11.1 Å². The molecule has 0 fully saturated rings. The van der Waals surface area contributed by atoms with Gasteiger partial charge < -0.3 is 5.32 Å². The number of thioether (sulfide) groups is 1. The normalized spacial score (nSPS) is 10.6. The SMILES string of the molecule is O=C(CSc1nc(-c2ccc(Cl)cc2)cs1)Nc1ccc(Br)cn1. The second-order valence-electron chi connectivity index (χ2n) is 4.70. The van der Waals surface area contributed by atoms with E-state index in [2.05, 4.69) is 31.2 Å². The first-order valence-corrected chi connectivity index (χ1v) is 9.89. The Labute approximate surface area is 160 Å². The third-order valence-corrected chi connectivity index (χ3v) is 5.69. The molecule has 1 amide bonds. The summed E-state index contributed by atoms with van der Waals surface area (Å²) in [5, 5.41) is 5.42. The predicted molar refractivity (Wildman–Crippen MR) is 104 cm³/mol. The predicted octanol–water partition coefficient (Wildman–Crippen LogP) is 5.35. The zero-order valence-electron chi connectivity index (χ0n) is 12.2. The van der Waals surface area contributed by atoms with Gasteiger partial charge in [0.15, 0.2) is 4.34 Å². The van der Waals surface area contributed by atoms with Gasteiger partial charge in [-0.15, -0.1) is 11.3 Å². The molecule has 8 heteroatoms. The van der Waals surface area contributed by atoms with Crippen molar-refractivity contribution < 1.29 is 4.79 Å². The van der Waals surface area contributed by atoms with Gasteiger partial charge in [-0.1, -0.05) is 35.5 Å². The van der Waals surface area contributed by atoms with Gasteiger partial charge in [-0.2, -0.15) is 0 Å². The van der Waals surface area contributed by atoms with Crippen molar-refractivity contribution in [3.63, 3.8) is 0 Å². The van der Waals surface area contributed by atoms with Crippen LogP contribution in [0.4, 0.5) is 5.82 Å². The number of carbonyl (C=O) groups excluding carboxylic acids is 1. The van der Waals surface area contributed by atoms with E-state index in [1.54, 1.807) is 12.3 Å². The topological polar surface area (TPSA) is 54.9 Å². The first kappa shape index (κ1) is 17.4. The molecule has 0 aliphatic heterocycles. The van der Waals surface area contributed by atoms with Crippen LogP contribution in [0.2, 0.25) is 5.02 Å². The molecule has 4 nitrogen and oxygen atoms in total. The van der Waals surface area contributed by atoms with Crippen molar-refractivity contribution in [3.05, 3.63) is 57.5 Å². The number of nitrogens with one attached hydrogen (secondary N) is 1. The Hall–Kier alpha value is -1.41. The minimum atomic E-state index is -0.113. The Morgan fingerprint density at radius 3 is 2.75 bits per heavy atom. The molecule has 0 atom stereocenters. The van der Waals surface area contributed by atoms with E-state index in [1.165, 1.54) is 23.1 Å². The van der Waals surface area contributed by atoms with Crippen molar-refractivity contribution in [1.82, 2.24) is 9.97 Å². The van der Waals surface area contributed by atoms with Crippen molar-refractivity contribution in [1.29, 1.82) is 0 Å². The van der Waals surface area contributed by atoms with Crippen LogP contribution in [-0.4, -0.2) is 21.6 Å². The summed E-state index contributed by atoms with van der Waals surface area (Å²) < 4.78 is 1.71. The number of benzene rings is 1. The molecule has 0 aliphatic carbocycles. The lowest BCUT2D eigenvalue weighted by molar-refractivity contribution is -0.113. The Kier molecular flexibility index (Phi) is 5.89.